The minimum absolute atomic E-state index is 0.105. The predicted molar refractivity (Wildman–Crippen MR) is 103 cm³/mol. The van der Waals surface area contributed by atoms with Crippen molar-refractivity contribution in [2.24, 2.45) is 10.9 Å². The Bertz CT molecular complexity index is 1020. The molecule has 0 aliphatic carbocycles. The van der Waals surface area contributed by atoms with E-state index >= 15 is 0 Å². The Kier molecular flexibility index (Phi) is 4.94. The highest BCUT2D eigenvalue weighted by atomic mass is 16.4. The average molecular weight is 349 g/mol. The van der Waals surface area contributed by atoms with Gasteiger partial charge in [-0.25, -0.2) is 4.79 Å². The minimum Gasteiger partial charge on any atom is -0.480 e. The SMILES string of the molecule is Cc1cc2oc(-c3ccccc3)cc(=N[C@@H](C(=O)O)C(C)C)c2cc1C. The quantitative estimate of drug-likeness (QED) is 0.741. The van der Waals surface area contributed by atoms with Crippen LogP contribution >= 0.6 is 0 Å². The highest BCUT2D eigenvalue weighted by Gasteiger charge is 2.20. The summed E-state index contributed by atoms with van der Waals surface area (Å²) >= 11 is 0. The van der Waals surface area contributed by atoms with Gasteiger partial charge in [0, 0.05) is 17.0 Å². The third kappa shape index (κ3) is 3.54. The Morgan fingerprint density at radius 1 is 1.04 bits per heavy atom. The van der Waals surface area contributed by atoms with Crippen molar-refractivity contribution in [3.8, 4) is 11.3 Å². The van der Waals surface area contributed by atoms with Gasteiger partial charge in [-0.05, 0) is 43.0 Å². The van der Waals surface area contributed by atoms with Gasteiger partial charge in [0.2, 0.25) is 0 Å². The number of fused-ring (bicyclic) bond motifs is 1. The fourth-order valence-corrected chi connectivity index (χ4v) is 2.91. The maximum absolute atomic E-state index is 11.6. The molecule has 1 N–H and O–H groups in total. The van der Waals surface area contributed by atoms with Crippen LogP contribution in [-0.2, 0) is 4.79 Å². The molecule has 0 fully saturated rings. The lowest BCUT2D eigenvalue weighted by molar-refractivity contribution is -0.139. The third-order valence-corrected chi connectivity index (χ3v) is 4.58. The number of aliphatic carboxylic acids is 1. The van der Waals surface area contributed by atoms with Gasteiger partial charge >= 0.3 is 5.97 Å². The van der Waals surface area contributed by atoms with Gasteiger partial charge in [-0.15, -0.1) is 0 Å². The van der Waals surface area contributed by atoms with Crippen LogP contribution in [0.15, 0.2) is 57.9 Å². The Labute approximate surface area is 152 Å². The van der Waals surface area contributed by atoms with Crippen molar-refractivity contribution >= 4 is 16.9 Å². The van der Waals surface area contributed by atoms with E-state index in [9.17, 15) is 9.90 Å². The summed E-state index contributed by atoms with van der Waals surface area (Å²) in [6.45, 7) is 7.79. The standard InChI is InChI=1S/C22H23NO3/c1-13(2)21(22(24)25)23-18-12-19(16-8-6-5-7-9-16)26-20-11-15(4)14(3)10-17(18)20/h5-13,21H,1-4H3,(H,24,25)/t21-/m1/s1. The van der Waals surface area contributed by atoms with Crippen molar-refractivity contribution in [1.29, 1.82) is 0 Å². The molecule has 0 aliphatic heterocycles. The predicted octanol–water partition coefficient (Wildman–Crippen LogP) is 4.73. The molecule has 2 aromatic carbocycles. The summed E-state index contributed by atoms with van der Waals surface area (Å²) in [5.41, 5.74) is 3.88. The molecule has 0 radical (unpaired) electrons. The summed E-state index contributed by atoms with van der Waals surface area (Å²) in [5, 5.41) is 11.0. The number of nitrogens with zero attached hydrogens (tertiary/aromatic N) is 1. The van der Waals surface area contributed by atoms with Crippen LogP contribution in [0.2, 0.25) is 0 Å². The number of carboxylic acid groups (broad SMARTS) is 1. The zero-order valence-electron chi connectivity index (χ0n) is 15.5. The molecule has 0 aliphatic rings. The molecule has 1 atom stereocenters. The van der Waals surface area contributed by atoms with Gasteiger partial charge in [0.25, 0.3) is 0 Å². The van der Waals surface area contributed by atoms with Gasteiger partial charge in [-0.2, -0.15) is 0 Å². The number of hydrogen-bond donors (Lipinski definition) is 1. The van der Waals surface area contributed by atoms with Crippen LogP contribution in [0.25, 0.3) is 22.3 Å². The van der Waals surface area contributed by atoms with Crippen molar-refractivity contribution in [3.05, 3.63) is 65.0 Å². The second kappa shape index (κ2) is 7.16. The number of benzene rings is 2. The lowest BCUT2D eigenvalue weighted by Gasteiger charge is -2.12. The maximum atomic E-state index is 11.6. The van der Waals surface area contributed by atoms with E-state index in [0.29, 0.717) is 16.7 Å². The number of aryl methyl sites for hydroxylation is 2. The molecule has 0 spiro atoms. The number of carbonyl (C=O) groups is 1. The van der Waals surface area contributed by atoms with E-state index < -0.39 is 12.0 Å². The largest absolute Gasteiger partial charge is 0.480 e. The van der Waals surface area contributed by atoms with Gasteiger partial charge in [0.05, 0.1) is 5.36 Å². The van der Waals surface area contributed by atoms with E-state index in [1.165, 1.54) is 0 Å². The zero-order chi connectivity index (χ0) is 18.8. The van der Waals surface area contributed by atoms with Crippen molar-refractivity contribution < 1.29 is 14.3 Å². The van der Waals surface area contributed by atoms with E-state index in [2.05, 4.69) is 4.99 Å². The summed E-state index contributed by atoms with van der Waals surface area (Å²) in [6, 6.07) is 14.8. The zero-order valence-corrected chi connectivity index (χ0v) is 15.5. The smallest absolute Gasteiger partial charge is 0.328 e. The van der Waals surface area contributed by atoms with Crippen molar-refractivity contribution in [2.75, 3.05) is 0 Å². The van der Waals surface area contributed by atoms with Crippen molar-refractivity contribution in [2.45, 2.75) is 33.7 Å². The van der Waals surface area contributed by atoms with Crippen LogP contribution in [0.3, 0.4) is 0 Å². The second-order valence-electron chi connectivity index (χ2n) is 6.95. The first-order valence-electron chi connectivity index (χ1n) is 8.74. The Hall–Kier alpha value is -2.88. The molecule has 0 saturated heterocycles. The average Bonchev–Trinajstić information content (AvgIpc) is 2.60. The van der Waals surface area contributed by atoms with Crippen LogP contribution < -0.4 is 5.36 Å². The topological polar surface area (TPSA) is 62.8 Å². The van der Waals surface area contributed by atoms with Crippen LogP contribution in [-0.4, -0.2) is 17.1 Å². The van der Waals surface area contributed by atoms with E-state index in [-0.39, 0.29) is 5.92 Å². The van der Waals surface area contributed by atoms with Crippen LogP contribution in [0.5, 0.6) is 0 Å². The van der Waals surface area contributed by atoms with E-state index in [4.69, 9.17) is 4.42 Å². The fraction of sp³-hybridized carbons (Fsp3) is 0.273. The van der Waals surface area contributed by atoms with E-state index in [0.717, 1.165) is 22.1 Å². The molecule has 1 heterocycles. The molecule has 0 unspecified atom stereocenters. The molecule has 134 valence electrons. The van der Waals surface area contributed by atoms with Gasteiger partial charge in [0.15, 0.2) is 0 Å². The normalized spacial score (nSPS) is 13.3. The second-order valence-corrected chi connectivity index (χ2v) is 6.95. The molecular weight excluding hydrogens is 326 g/mol. The number of hydrogen-bond acceptors (Lipinski definition) is 3. The Balaban J connectivity index is 2.35. The molecular formula is C22H23NO3. The summed E-state index contributed by atoms with van der Waals surface area (Å²) in [7, 11) is 0. The molecule has 0 bridgehead atoms. The fourth-order valence-electron chi connectivity index (χ4n) is 2.91. The van der Waals surface area contributed by atoms with Gasteiger partial charge in [-0.3, -0.25) is 4.99 Å². The third-order valence-electron chi connectivity index (χ3n) is 4.58. The lowest BCUT2D eigenvalue weighted by atomic mass is 10.0. The summed E-state index contributed by atoms with van der Waals surface area (Å²) in [6.07, 6.45) is 0. The van der Waals surface area contributed by atoms with E-state index in [1.807, 2.05) is 76.2 Å². The highest BCUT2D eigenvalue weighted by Crippen LogP contribution is 2.24. The van der Waals surface area contributed by atoms with Crippen molar-refractivity contribution in [3.63, 3.8) is 0 Å². The molecule has 3 aromatic rings. The molecule has 0 saturated carbocycles. The van der Waals surface area contributed by atoms with Crippen LogP contribution in [0.1, 0.15) is 25.0 Å². The molecule has 26 heavy (non-hydrogen) atoms. The van der Waals surface area contributed by atoms with Crippen molar-refractivity contribution in [1.82, 2.24) is 0 Å². The van der Waals surface area contributed by atoms with Gasteiger partial charge < -0.3 is 9.52 Å². The molecule has 4 nitrogen and oxygen atoms in total. The number of rotatable bonds is 4. The van der Waals surface area contributed by atoms with E-state index in [1.54, 1.807) is 0 Å². The summed E-state index contributed by atoms with van der Waals surface area (Å²) in [5.74, 6) is -0.349. The van der Waals surface area contributed by atoms with Gasteiger partial charge in [-0.1, -0.05) is 44.2 Å². The first-order valence-corrected chi connectivity index (χ1v) is 8.74. The van der Waals surface area contributed by atoms with Crippen LogP contribution in [0.4, 0.5) is 0 Å². The molecule has 4 heteroatoms. The monoisotopic (exact) mass is 349 g/mol. The Morgan fingerprint density at radius 2 is 1.69 bits per heavy atom. The number of carboxylic acids is 1. The summed E-state index contributed by atoms with van der Waals surface area (Å²) in [4.78, 5) is 16.2. The minimum atomic E-state index is -0.918. The maximum Gasteiger partial charge on any atom is 0.328 e. The molecule has 0 amide bonds. The first kappa shape index (κ1) is 17.9. The van der Waals surface area contributed by atoms with Crippen LogP contribution in [0, 0.1) is 19.8 Å². The summed E-state index contributed by atoms with van der Waals surface area (Å²) < 4.78 is 6.12. The molecule has 3 rings (SSSR count). The van der Waals surface area contributed by atoms with Gasteiger partial charge in [0.1, 0.15) is 17.4 Å². The highest BCUT2D eigenvalue weighted by molar-refractivity contribution is 5.81. The Morgan fingerprint density at radius 3 is 2.31 bits per heavy atom. The molecule has 1 aromatic heterocycles. The lowest BCUT2D eigenvalue weighted by Crippen LogP contribution is -2.27. The first-order chi connectivity index (χ1) is 12.4.